The Bertz CT molecular complexity index is 777. The molecule has 0 bridgehead atoms. The average molecular weight is 344 g/mol. The molecule has 6 nitrogen and oxygen atoms in total. The number of aromatic nitrogens is 1. The Labute approximate surface area is 146 Å². The highest BCUT2D eigenvalue weighted by molar-refractivity contribution is 5.99. The molecule has 1 aromatic heterocycles. The quantitative estimate of drug-likeness (QED) is 0.783. The van der Waals surface area contributed by atoms with Crippen molar-refractivity contribution < 1.29 is 14.0 Å². The minimum Gasteiger partial charge on any atom is -0.362 e. The third kappa shape index (κ3) is 4.76. The Morgan fingerprint density at radius 3 is 2.44 bits per heavy atom. The highest BCUT2D eigenvalue weighted by Gasteiger charge is 2.13. The number of carbonyl (C=O) groups excluding carboxylic acids is 2. The lowest BCUT2D eigenvalue weighted by Crippen LogP contribution is -2.35. The molecule has 0 fully saturated rings. The van der Waals surface area contributed by atoms with Gasteiger partial charge in [-0.15, -0.1) is 0 Å². The van der Waals surface area contributed by atoms with Gasteiger partial charge in [0.05, 0.1) is 5.56 Å². The van der Waals surface area contributed by atoms with Crippen LogP contribution in [0.1, 0.15) is 26.3 Å². The lowest BCUT2D eigenvalue weighted by atomic mass is 10.1. The number of nitrogens with zero attached hydrogens (tertiary/aromatic N) is 2. The predicted octanol–water partition coefficient (Wildman–Crippen LogP) is 1.75. The second-order valence-corrected chi connectivity index (χ2v) is 5.74. The van der Waals surface area contributed by atoms with Crippen LogP contribution in [0.2, 0.25) is 0 Å². The summed E-state index contributed by atoms with van der Waals surface area (Å²) in [5.41, 5.74) is 1.19. The van der Waals surface area contributed by atoms with Crippen molar-refractivity contribution in [2.75, 3.05) is 32.1 Å². The van der Waals surface area contributed by atoms with E-state index in [1.807, 2.05) is 0 Å². The summed E-state index contributed by atoms with van der Waals surface area (Å²) < 4.78 is 13.5. The first-order valence-electron chi connectivity index (χ1n) is 7.85. The van der Waals surface area contributed by atoms with Crippen molar-refractivity contribution in [3.63, 3.8) is 0 Å². The number of anilines is 1. The van der Waals surface area contributed by atoms with Crippen molar-refractivity contribution in [1.29, 1.82) is 0 Å². The van der Waals surface area contributed by atoms with E-state index in [4.69, 9.17) is 0 Å². The van der Waals surface area contributed by atoms with Crippen LogP contribution in [0.5, 0.6) is 0 Å². The molecule has 0 aliphatic heterocycles. The summed E-state index contributed by atoms with van der Waals surface area (Å²) in [4.78, 5) is 30.1. The van der Waals surface area contributed by atoms with E-state index in [9.17, 15) is 14.0 Å². The molecule has 1 heterocycles. The van der Waals surface area contributed by atoms with Gasteiger partial charge < -0.3 is 15.5 Å². The Balaban J connectivity index is 1.86. The second-order valence-electron chi connectivity index (χ2n) is 5.74. The molecular formula is C18H21FN4O2. The van der Waals surface area contributed by atoms with Crippen molar-refractivity contribution >= 4 is 17.6 Å². The van der Waals surface area contributed by atoms with Crippen molar-refractivity contribution in [2.45, 2.75) is 6.92 Å². The van der Waals surface area contributed by atoms with Gasteiger partial charge in [0, 0.05) is 38.9 Å². The van der Waals surface area contributed by atoms with Crippen LogP contribution in [0.3, 0.4) is 0 Å². The van der Waals surface area contributed by atoms with Crippen LogP contribution in [-0.4, -0.2) is 44.0 Å². The van der Waals surface area contributed by atoms with Gasteiger partial charge in [-0.25, -0.2) is 9.37 Å². The minimum absolute atomic E-state index is 0.234. The van der Waals surface area contributed by atoms with E-state index in [0.29, 0.717) is 16.9 Å². The molecule has 25 heavy (non-hydrogen) atoms. The first-order valence-corrected chi connectivity index (χ1v) is 7.85. The highest BCUT2D eigenvalue weighted by Crippen LogP contribution is 2.13. The third-order valence-corrected chi connectivity index (χ3v) is 3.59. The van der Waals surface area contributed by atoms with Crippen LogP contribution in [-0.2, 0) is 0 Å². The molecule has 7 heteroatoms. The maximum atomic E-state index is 13.5. The van der Waals surface area contributed by atoms with Gasteiger partial charge in [0.15, 0.2) is 0 Å². The predicted molar refractivity (Wildman–Crippen MR) is 94.4 cm³/mol. The molecule has 0 unspecified atom stereocenters. The summed E-state index contributed by atoms with van der Waals surface area (Å²) in [6.07, 6.45) is 1.62. The summed E-state index contributed by atoms with van der Waals surface area (Å²) >= 11 is 0. The number of aryl methyl sites for hydroxylation is 1. The van der Waals surface area contributed by atoms with Gasteiger partial charge in [-0.1, -0.05) is 6.07 Å². The summed E-state index contributed by atoms with van der Waals surface area (Å²) in [6, 6.07) is 7.69. The fourth-order valence-electron chi connectivity index (χ4n) is 2.21. The van der Waals surface area contributed by atoms with Crippen molar-refractivity contribution in [1.82, 2.24) is 15.6 Å². The average Bonchev–Trinajstić information content (AvgIpc) is 2.60. The second kappa shape index (κ2) is 8.23. The standard InChI is InChI=1S/C18H21FN4O2/c1-12-6-7-13(11-15(12)19)17(24)21-9-10-22-18(25)14-5-4-8-20-16(14)23(2)3/h4-8,11H,9-10H2,1-3H3,(H,21,24)(H,22,25). The maximum absolute atomic E-state index is 13.5. The van der Waals surface area contributed by atoms with E-state index in [2.05, 4.69) is 15.6 Å². The fraction of sp³-hybridized carbons (Fsp3) is 0.278. The number of amides is 2. The third-order valence-electron chi connectivity index (χ3n) is 3.59. The van der Waals surface area contributed by atoms with Crippen LogP contribution >= 0.6 is 0 Å². The zero-order valence-electron chi connectivity index (χ0n) is 14.5. The van der Waals surface area contributed by atoms with Crippen molar-refractivity contribution in [3.05, 3.63) is 59.0 Å². The SMILES string of the molecule is Cc1ccc(C(=O)NCCNC(=O)c2cccnc2N(C)C)cc1F. The van der Waals surface area contributed by atoms with Gasteiger partial charge in [0.25, 0.3) is 11.8 Å². The maximum Gasteiger partial charge on any atom is 0.255 e. The summed E-state index contributed by atoms with van der Waals surface area (Å²) in [6.45, 7) is 2.12. The topological polar surface area (TPSA) is 74.3 Å². The van der Waals surface area contributed by atoms with Crippen LogP contribution < -0.4 is 15.5 Å². The summed E-state index contributed by atoms with van der Waals surface area (Å²) in [7, 11) is 3.61. The number of nitrogens with one attached hydrogen (secondary N) is 2. The van der Waals surface area contributed by atoms with E-state index in [-0.39, 0.29) is 30.5 Å². The van der Waals surface area contributed by atoms with Crippen LogP contribution in [0.4, 0.5) is 10.2 Å². The number of halogens is 1. The first-order chi connectivity index (χ1) is 11.9. The molecule has 0 aliphatic rings. The first kappa shape index (κ1) is 18.4. The largest absolute Gasteiger partial charge is 0.362 e. The monoisotopic (exact) mass is 344 g/mol. The number of pyridine rings is 1. The minimum atomic E-state index is -0.422. The van der Waals surface area contributed by atoms with Gasteiger partial charge in [-0.3, -0.25) is 9.59 Å². The molecule has 2 N–H and O–H groups in total. The zero-order chi connectivity index (χ0) is 18.4. The Morgan fingerprint density at radius 2 is 1.80 bits per heavy atom. The molecule has 0 radical (unpaired) electrons. The number of rotatable bonds is 6. The van der Waals surface area contributed by atoms with E-state index >= 15 is 0 Å². The van der Waals surface area contributed by atoms with E-state index in [0.717, 1.165) is 0 Å². The van der Waals surface area contributed by atoms with Gasteiger partial charge >= 0.3 is 0 Å². The molecular weight excluding hydrogens is 323 g/mol. The molecule has 2 amide bonds. The van der Waals surface area contributed by atoms with E-state index < -0.39 is 5.82 Å². The Morgan fingerprint density at radius 1 is 1.12 bits per heavy atom. The van der Waals surface area contributed by atoms with Gasteiger partial charge in [-0.05, 0) is 36.8 Å². The molecule has 2 aromatic rings. The highest BCUT2D eigenvalue weighted by atomic mass is 19.1. The summed E-state index contributed by atoms with van der Waals surface area (Å²) in [5, 5.41) is 5.37. The molecule has 132 valence electrons. The molecule has 0 aliphatic carbocycles. The number of hydrogen-bond donors (Lipinski definition) is 2. The molecule has 0 spiro atoms. The normalized spacial score (nSPS) is 10.2. The smallest absolute Gasteiger partial charge is 0.255 e. The van der Waals surface area contributed by atoms with Crippen molar-refractivity contribution in [3.8, 4) is 0 Å². The molecule has 0 saturated heterocycles. The lowest BCUT2D eigenvalue weighted by molar-refractivity contribution is 0.0927. The zero-order valence-corrected chi connectivity index (χ0v) is 14.5. The van der Waals surface area contributed by atoms with E-state index in [1.54, 1.807) is 56.4 Å². The van der Waals surface area contributed by atoms with Crippen LogP contribution in [0.25, 0.3) is 0 Å². The number of carbonyl (C=O) groups is 2. The van der Waals surface area contributed by atoms with Gasteiger partial charge in [-0.2, -0.15) is 0 Å². The van der Waals surface area contributed by atoms with Crippen LogP contribution in [0, 0.1) is 12.7 Å². The number of benzene rings is 1. The molecule has 2 rings (SSSR count). The molecule has 1 aromatic carbocycles. The molecule has 0 saturated carbocycles. The van der Waals surface area contributed by atoms with E-state index in [1.165, 1.54) is 6.07 Å². The van der Waals surface area contributed by atoms with Crippen molar-refractivity contribution in [2.24, 2.45) is 0 Å². The van der Waals surface area contributed by atoms with Gasteiger partial charge in [0.1, 0.15) is 11.6 Å². The Hall–Kier alpha value is -2.96. The van der Waals surface area contributed by atoms with Crippen LogP contribution in [0.15, 0.2) is 36.5 Å². The lowest BCUT2D eigenvalue weighted by Gasteiger charge is -2.15. The number of hydrogen-bond acceptors (Lipinski definition) is 4. The summed E-state index contributed by atoms with van der Waals surface area (Å²) in [5.74, 6) is -0.510. The Kier molecular flexibility index (Phi) is 6.05. The molecule has 0 atom stereocenters. The van der Waals surface area contributed by atoms with Gasteiger partial charge in [0.2, 0.25) is 0 Å². The fourth-order valence-corrected chi connectivity index (χ4v) is 2.21.